The summed E-state index contributed by atoms with van der Waals surface area (Å²) in [5.41, 5.74) is 8.47. The molecule has 0 aliphatic carbocycles. The zero-order valence-corrected chi connectivity index (χ0v) is 34.1. The molecule has 0 aliphatic rings. The van der Waals surface area contributed by atoms with Gasteiger partial charge in [0.05, 0.1) is 16.7 Å². The molecule has 0 saturated carbocycles. The van der Waals surface area contributed by atoms with Crippen LogP contribution in [-0.2, 0) is 0 Å². The predicted molar refractivity (Wildman–Crippen MR) is 263 cm³/mol. The highest BCUT2D eigenvalue weighted by Crippen LogP contribution is 2.44. The van der Waals surface area contributed by atoms with Crippen LogP contribution in [0.25, 0.3) is 127 Å². The normalized spacial score (nSPS) is 11.8. The molecule has 63 heavy (non-hydrogen) atoms. The Morgan fingerprint density at radius 3 is 1.49 bits per heavy atom. The minimum absolute atomic E-state index is 0.621. The summed E-state index contributed by atoms with van der Waals surface area (Å²) in [7, 11) is 0. The molecule has 0 radical (unpaired) electrons. The smallest absolute Gasteiger partial charge is 0.164 e. The lowest BCUT2D eigenvalue weighted by Gasteiger charge is -2.18. The summed E-state index contributed by atoms with van der Waals surface area (Å²) in [5.74, 6) is 1.88. The van der Waals surface area contributed by atoms with Crippen LogP contribution in [0, 0.1) is 0 Å². The lowest BCUT2D eigenvalue weighted by atomic mass is 9.93. The van der Waals surface area contributed by atoms with E-state index in [1.807, 2.05) is 0 Å². The molecular formula is C59H36N4. The standard InChI is InChI=1S/C59H36N4/c1-2-15-39(16-3-1)47-23-12-24-49-52(63-53-31-29-40-17-10-11-22-48(40)56(53)51-35-43-20-8-9-21-44(43)36-54(51)63)32-30-50(55(47)49)59-61-57(45-27-25-37-13-4-6-18-41(37)33-45)60-58(62-59)46-28-26-38-14-5-7-19-42(38)34-46/h1-36H. The zero-order chi connectivity index (χ0) is 41.4. The highest BCUT2D eigenvalue weighted by atomic mass is 15.0. The highest BCUT2D eigenvalue weighted by Gasteiger charge is 2.22. The molecule has 13 aromatic rings. The summed E-state index contributed by atoms with van der Waals surface area (Å²) in [6, 6.07) is 78.3. The van der Waals surface area contributed by atoms with Gasteiger partial charge < -0.3 is 4.57 Å². The van der Waals surface area contributed by atoms with Gasteiger partial charge in [0, 0.05) is 38.2 Å². The number of rotatable bonds is 5. The molecule has 0 saturated heterocycles. The van der Waals surface area contributed by atoms with Crippen molar-refractivity contribution in [3.63, 3.8) is 0 Å². The van der Waals surface area contributed by atoms with Crippen LogP contribution in [0.5, 0.6) is 0 Å². The first-order valence-corrected chi connectivity index (χ1v) is 21.4. The lowest BCUT2D eigenvalue weighted by molar-refractivity contribution is 1.08. The van der Waals surface area contributed by atoms with Crippen molar-refractivity contribution in [1.29, 1.82) is 0 Å². The molecule has 2 heterocycles. The van der Waals surface area contributed by atoms with Gasteiger partial charge in [0.1, 0.15) is 0 Å². The van der Waals surface area contributed by atoms with E-state index in [4.69, 9.17) is 15.0 Å². The van der Waals surface area contributed by atoms with Gasteiger partial charge in [-0.1, -0.05) is 176 Å². The van der Waals surface area contributed by atoms with Gasteiger partial charge in [-0.3, -0.25) is 0 Å². The molecule has 4 nitrogen and oxygen atoms in total. The summed E-state index contributed by atoms with van der Waals surface area (Å²) in [6.45, 7) is 0. The van der Waals surface area contributed by atoms with E-state index in [1.165, 1.54) is 43.1 Å². The molecule has 0 unspecified atom stereocenters. The van der Waals surface area contributed by atoms with Crippen LogP contribution in [0.15, 0.2) is 218 Å². The molecule has 0 atom stereocenters. The number of hydrogen-bond donors (Lipinski definition) is 0. The molecule has 0 fully saturated rings. The summed E-state index contributed by atoms with van der Waals surface area (Å²) in [5, 5.41) is 14.2. The predicted octanol–water partition coefficient (Wildman–Crippen LogP) is 15.4. The highest BCUT2D eigenvalue weighted by molar-refractivity contribution is 6.24. The van der Waals surface area contributed by atoms with Gasteiger partial charge in [-0.05, 0) is 96.7 Å². The molecular weight excluding hydrogens is 765 g/mol. The molecule has 0 N–H and O–H groups in total. The molecule has 4 heteroatoms. The number of hydrogen-bond acceptors (Lipinski definition) is 3. The van der Waals surface area contributed by atoms with E-state index in [9.17, 15) is 0 Å². The molecule has 0 amide bonds. The van der Waals surface area contributed by atoms with Crippen molar-refractivity contribution in [2.75, 3.05) is 0 Å². The first kappa shape index (κ1) is 35.3. The number of nitrogens with zero attached hydrogens (tertiary/aromatic N) is 4. The van der Waals surface area contributed by atoms with Gasteiger partial charge in [-0.2, -0.15) is 0 Å². The molecule has 292 valence electrons. The van der Waals surface area contributed by atoms with Gasteiger partial charge in [0.2, 0.25) is 0 Å². The maximum Gasteiger partial charge on any atom is 0.164 e. The van der Waals surface area contributed by atoms with Gasteiger partial charge >= 0.3 is 0 Å². The van der Waals surface area contributed by atoms with Crippen molar-refractivity contribution in [3.8, 4) is 51.0 Å². The second-order valence-electron chi connectivity index (χ2n) is 16.4. The first-order valence-electron chi connectivity index (χ1n) is 21.4. The van der Waals surface area contributed by atoms with Crippen LogP contribution in [0.4, 0.5) is 0 Å². The van der Waals surface area contributed by atoms with Crippen molar-refractivity contribution in [3.05, 3.63) is 218 Å². The maximum absolute atomic E-state index is 5.39. The van der Waals surface area contributed by atoms with Gasteiger partial charge in [-0.15, -0.1) is 0 Å². The lowest BCUT2D eigenvalue weighted by Crippen LogP contribution is -2.02. The van der Waals surface area contributed by atoms with Crippen LogP contribution in [0.2, 0.25) is 0 Å². The van der Waals surface area contributed by atoms with E-state index in [-0.39, 0.29) is 0 Å². The van der Waals surface area contributed by atoms with Crippen LogP contribution < -0.4 is 0 Å². The third-order valence-electron chi connectivity index (χ3n) is 12.8. The van der Waals surface area contributed by atoms with Gasteiger partial charge in [0.25, 0.3) is 0 Å². The van der Waals surface area contributed by atoms with Crippen molar-refractivity contribution in [1.82, 2.24) is 19.5 Å². The Morgan fingerprint density at radius 2 is 0.810 bits per heavy atom. The fourth-order valence-corrected chi connectivity index (χ4v) is 9.77. The van der Waals surface area contributed by atoms with E-state index in [2.05, 4.69) is 223 Å². The van der Waals surface area contributed by atoms with Crippen molar-refractivity contribution in [2.45, 2.75) is 0 Å². The SMILES string of the molecule is c1ccc(-c2cccc3c(-n4c5cc6ccccc6cc5c5c6ccccc6ccc54)ccc(-c4nc(-c5ccc6ccccc6c5)nc(-c5ccc6ccccc6c5)n4)c23)cc1. The monoisotopic (exact) mass is 800 g/mol. The fourth-order valence-electron chi connectivity index (χ4n) is 9.77. The summed E-state index contributed by atoms with van der Waals surface area (Å²) < 4.78 is 2.47. The molecule has 0 spiro atoms. The molecule has 13 rings (SSSR count). The Kier molecular flexibility index (Phi) is 7.87. The summed E-state index contributed by atoms with van der Waals surface area (Å²) >= 11 is 0. The van der Waals surface area contributed by atoms with Crippen molar-refractivity contribution in [2.24, 2.45) is 0 Å². The quantitative estimate of drug-likeness (QED) is 0.174. The summed E-state index contributed by atoms with van der Waals surface area (Å²) in [6.07, 6.45) is 0. The Bertz CT molecular complexity index is 3880. The minimum atomic E-state index is 0.621. The van der Waals surface area contributed by atoms with Crippen LogP contribution in [0.1, 0.15) is 0 Å². The molecule has 11 aromatic carbocycles. The third kappa shape index (κ3) is 5.73. The Hall–Kier alpha value is -8.47. The third-order valence-corrected chi connectivity index (χ3v) is 12.8. The zero-order valence-electron chi connectivity index (χ0n) is 34.1. The van der Waals surface area contributed by atoms with Crippen LogP contribution in [0.3, 0.4) is 0 Å². The number of fused-ring (bicyclic) bond motifs is 9. The van der Waals surface area contributed by atoms with Crippen molar-refractivity contribution < 1.29 is 0 Å². The molecule has 2 aromatic heterocycles. The van der Waals surface area contributed by atoms with Crippen molar-refractivity contribution >= 4 is 75.7 Å². The van der Waals surface area contributed by atoms with E-state index < -0.39 is 0 Å². The second-order valence-corrected chi connectivity index (χ2v) is 16.4. The van der Waals surface area contributed by atoms with E-state index >= 15 is 0 Å². The topological polar surface area (TPSA) is 43.6 Å². The van der Waals surface area contributed by atoms with E-state index in [0.717, 1.165) is 66.1 Å². The largest absolute Gasteiger partial charge is 0.309 e. The molecule has 0 aliphatic heterocycles. The van der Waals surface area contributed by atoms with E-state index in [1.54, 1.807) is 0 Å². The number of aromatic nitrogens is 4. The average molecular weight is 801 g/mol. The number of benzene rings is 11. The Labute approximate surface area is 363 Å². The second kappa shape index (κ2) is 14.1. The minimum Gasteiger partial charge on any atom is -0.309 e. The average Bonchev–Trinajstić information content (AvgIpc) is 3.68. The summed E-state index contributed by atoms with van der Waals surface area (Å²) in [4.78, 5) is 16.0. The van der Waals surface area contributed by atoms with Crippen LogP contribution in [-0.4, -0.2) is 19.5 Å². The van der Waals surface area contributed by atoms with E-state index in [0.29, 0.717) is 17.5 Å². The van der Waals surface area contributed by atoms with Crippen LogP contribution >= 0.6 is 0 Å². The first-order chi connectivity index (χ1) is 31.2. The van der Waals surface area contributed by atoms with Gasteiger partial charge in [-0.25, -0.2) is 15.0 Å². The van der Waals surface area contributed by atoms with Gasteiger partial charge in [0.15, 0.2) is 17.5 Å². The maximum atomic E-state index is 5.39. The Balaban J connectivity index is 1.13. The molecule has 0 bridgehead atoms. The fraction of sp³-hybridized carbons (Fsp3) is 0. The Morgan fingerprint density at radius 1 is 0.270 bits per heavy atom.